The number of aromatic nitrogens is 1. The van der Waals surface area contributed by atoms with Crippen LogP contribution in [0.2, 0.25) is 0 Å². The summed E-state index contributed by atoms with van der Waals surface area (Å²) in [6.45, 7) is 1.79. The normalized spacial score (nSPS) is 18.4. The Labute approximate surface area is 126 Å². The number of carbonyl (C=O) groups excluding carboxylic acids is 1. The molecule has 1 aliphatic heterocycles. The Bertz CT molecular complexity index is 637. The minimum Gasteiger partial charge on any atom is -0.347 e. The summed E-state index contributed by atoms with van der Waals surface area (Å²) in [7, 11) is 0. The zero-order chi connectivity index (χ0) is 14.7. The summed E-state index contributed by atoms with van der Waals surface area (Å²) in [6, 6.07) is 6.60. The van der Waals surface area contributed by atoms with Crippen LogP contribution in [-0.2, 0) is 0 Å². The van der Waals surface area contributed by atoms with Crippen LogP contribution in [0.3, 0.4) is 0 Å². The van der Waals surface area contributed by atoms with Crippen molar-refractivity contribution in [2.24, 2.45) is 0 Å². The van der Waals surface area contributed by atoms with Crippen LogP contribution in [-0.4, -0.2) is 30.0 Å². The molecule has 0 spiro atoms. The van der Waals surface area contributed by atoms with Crippen molar-refractivity contribution in [3.8, 4) is 10.6 Å². The first-order chi connectivity index (χ1) is 10.2. The molecule has 1 atom stereocenters. The van der Waals surface area contributed by atoms with Gasteiger partial charge in [0, 0.05) is 23.5 Å². The Morgan fingerprint density at radius 2 is 2.29 bits per heavy atom. The van der Waals surface area contributed by atoms with Gasteiger partial charge in [0.25, 0.3) is 5.91 Å². The van der Waals surface area contributed by atoms with E-state index in [-0.39, 0.29) is 17.8 Å². The molecule has 1 aromatic carbocycles. The largest absolute Gasteiger partial charge is 0.347 e. The van der Waals surface area contributed by atoms with Crippen molar-refractivity contribution >= 4 is 17.2 Å². The van der Waals surface area contributed by atoms with E-state index in [2.05, 4.69) is 15.6 Å². The van der Waals surface area contributed by atoms with Crippen LogP contribution in [0.25, 0.3) is 10.6 Å². The molecule has 1 fully saturated rings. The molecule has 1 amide bonds. The lowest BCUT2D eigenvalue weighted by molar-refractivity contribution is 0.0926. The first kappa shape index (κ1) is 14.2. The molecule has 0 saturated carbocycles. The van der Waals surface area contributed by atoms with Gasteiger partial charge in [-0.1, -0.05) is 12.1 Å². The minimum absolute atomic E-state index is 0.143. The van der Waals surface area contributed by atoms with Crippen molar-refractivity contribution in [3.63, 3.8) is 0 Å². The average molecular weight is 305 g/mol. The number of thiazole rings is 1. The average Bonchev–Trinajstić information content (AvgIpc) is 2.98. The lowest BCUT2D eigenvalue weighted by atomic mass is 10.1. The SMILES string of the molecule is O=C(NC1CCCNC1)c1csc(-c2ccccc2F)n1. The predicted octanol–water partition coefficient (Wildman–Crippen LogP) is 2.43. The second-order valence-electron chi connectivity index (χ2n) is 5.03. The maximum Gasteiger partial charge on any atom is 0.271 e. The number of hydrogen-bond donors (Lipinski definition) is 2. The first-order valence-corrected chi connectivity index (χ1v) is 7.84. The van der Waals surface area contributed by atoms with Crippen molar-refractivity contribution in [1.82, 2.24) is 15.6 Å². The van der Waals surface area contributed by atoms with E-state index in [9.17, 15) is 9.18 Å². The molecule has 1 aliphatic rings. The van der Waals surface area contributed by atoms with Crippen LogP contribution < -0.4 is 10.6 Å². The molecule has 4 nitrogen and oxygen atoms in total. The Hall–Kier alpha value is -1.79. The summed E-state index contributed by atoms with van der Waals surface area (Å²) in [5.74, 6) is -0.516. The molecule has 0 aliphatic carbocycles. The number of benzene rings is 1. The van der Waals surface area contributed by atoms with Gasteiger partial charge in [-0.2, -0.15) is 0 Å². The molecule has 1 unspecified atom stereocenters. The highest BCUT2D eigenvalue weighted by molar-refractivity contribution is 7.13. The molecule has 3 rings (SSSR count). The van der Waals surface area contributed by atoms with Gasteiger partial charge >= 0.3 is 0 Å². The number of piperidine rings is 1. The number of nitrogens with zero attached hydrogens (tertiary/aromatic N) is 1. The molecule has 6 heteroatoms. The van der Waals surface area contributed by atoms with Crippen LogP contribution in [0, 0.1) is 5.82 Å². The van der Waals surface area contributed by atoms with Gasteiger partial charge in [0.15, 0.2) is 0 Å². The molecule has 0 bridgehead atoms. The van der Waals surface area contributed by atoms with Gasteiger partial charge in [0.2, 0.25) is 0 Å². The molecular formula is C15H16FN3OS. The van der Waals surface area contributed by atoms with E-state index in [1.54, 1.807) is 23.6 Å². The molecule has 110 valence electrons. The van der Waals surface area contributed by atoms with Crippen LogP contribution in [0.4, 0.5) is 4.39 Å². The smallest absolute Gasteiger partial charge is 0.271 e. The predicted molar refractivity (Wildman–Crippen MR) is 80.9 cm³/mol. The number of halogens is 1. The fourth-order valence-corrected chi connectivity index (χ4v) is 3.20. The van der Waals surface area contributed by atoms with E-state index in [4.69, 9.17) is 0 Å². The summed E-state index contributed by atoms with van der Waals surface area (Å²) in [6.07, 6.45) is 2.03. The van der Waals surface area contributed by atoms with Crippen molar-refractivity contribution in [3.05, 3.63) is 41.2 Å². The van der Waals surface area contributed by atoms with E-state index < -0.39 is 0 Å². The topological polar surface area (TPSA) is 54.0 Å². The van der Waals surface area contributed by atoms with Gasteiger partial charge in [-0.25, -0.2) is 9.37 Å². The zero-order valence-electron chi connectivity index (χ0n) is 11.4. The standard InChI is InChI=1S/C15H16FN3OS/c16-12-6-2-1-5-11(12)15-19-13(9-21-15)14(20)18-10-4-3-7-17-8-10/h1-2,5-6,9-10,17H,3-4,7-8H2,(H,18,20). The Balaban J connectivity index is 1.72. The number of amides is 1. The molecule has 2 aromatic rings. The molecule has 1 saturated heterocycles. The van der Waals surface area contributed by atoms with Crippen molar-refractivity contribution < 1.29 is 9.18 Å². The highest BCUT2D eigenvalue weighted by Crippen LogP contribution is 2.26. The van der Waals surface area contributed by atoms with Crippen LogP contribution in [0.5, 0.6) is 0 Å². The zero-order valence-corrected chi connectivity index (χ0v) is 12.3. The Kier molecular flexibility index (Phi) is 4.26. The summed E-state index contributed by atoms with van der Waals surface area (Å²) in [5.41, 5.74) is 0.782. The van der Waals surface area contributed by atoms with E-state index in [1.807, 2.05) is 0 Å². The Morgan fingerprint density at radius 1 is 1.43 bits per heavy atom. The quantitative estimate of drug-likeness (QED) is 0.916. The van der Waals surface area contributed by atoms with Crippen LogP contribution >= 0.6 is 11.3 Å². The monoisotopic (exact) mass is 305 g/mol. The second-order valence-corrected chi connectivity index (χ2v) is 5.89. The molecule has 2 N–H and O–H groups in total. The third kappa shape index (κ3) is 3.28. The number of hydrogen-bond acceptors (Lipinski definition) is 4. The van der Waals surface area contributed by atoms with E-state index in [0.29, 0.717) is 16.3 Å². The molecule has 21 heavy (non-hydrogen) atoms. The fraction of sp³-hybridized carbons (Fsp3) is 0.333. The van der Waals surface area contributed by atoms with Gasteiger partial charge < -0.3 is 10.6 Å². The maximum atomic E-state index is 13.7. The summed E-state index contributed by atoms with van der Waals surface area (Å²) >= 11 is 1.28. The van der Waals surface area contributed by atoms with Gasteiger partial charge in [-0.15, -0.1) is 11.3 Å². The van der Waals surface area contributed by atoms with Gasteiger partial charge in [0.05, 0.1) is 0 Å². The summed E-state index contributed by atoms with van der Waals surface area (Å²) < 4.78 is 13.7. The van der Waals surface area contributed by atoms with Crippen LogP contribution in [0.1, 0.15) is 23.3 Å². The molecule has 1 aromatic heterocycles. The van der Waals surface area contributed by atoms with E-state index >= 15 is 0 Å². The number of carbonyl (C=O) groups is 1. The number of nitrogens with one attached hydrogen (secondary N) is 2. The Morgan fingerprint density at radius 3 is 3.05 bits per heavy atom. The van der Waals surface area contributed by atoms with Gasteiger partial charge in [-0.3, -0.25) is 4.79 Å². The third-order valence-electron chi connectivity index (χ3n) is 3.47. The first-order valence-electron chi connectivity index (χ1n) is 6.96. The highest BCUT2D eigenvalue weighted by Gasteiger charge is 2.19. The second kappa shape index (κ2) is 6.32. The summed E-state index contributed by atoms with van der Waals surface area (Å²) in [5, 5.41) is 8.41. The highest BCUT2D eigenvalue weighted by atomic mass is 32.1. The van der Waals surface area contributed by atoms with E-state index in [0.717, 1.165) is 25.9 Å². The van der Waals surface area contributed by atoms with Gasteiger partial charge in [-0.05, 0) is 31.5 Å². The minimum atomic E-state index is -0.324. The van der Waals surface area contributed by atoms with Crippen molar-refractivity contribution in [2.75, 3.05) is 13.1 Å². The van der Waals surface area contributed by atoms with E-state index in [1.165, 1.54) is 17.4 Å². The number of rotatable bonds is 3. The van der Waals surface area contributed by atoms with Crippen LogP contribution in [0.15, 0.2) is 29.6 Å². The van der Waals surface area contributed by atoms with Crippen molar-refractivity contribution in [2.45, 2.75) is 18.9 Å². The maximum absolute atomic E-state index is 13.7. The third-order valence-corrected chi connectivity index (χ3v) is 4.35. The lowest BCUT2D eigenvalue weighted by Crippen LogP contribution is -2.45. The van der Waals surface area contributed by atoms with Crippen molar-refractivity contribution in [1.29, 1.82) is 0 Å². The molecular weight excluding hydrogens is 289 g/mol. The van der Waals surface area contributed by atoms with Gasteiger partial charge in [0.1, 0.15) is 16.5 Å². The fourth-order valence-electron chi connectivity index (χ4n) is 2.37. The molecule has 0 radical (unpaired) electrons. The molecule has 2 heterocycles. The lowest BCUT2D eigenvalue weighted by Gasteiger charge is -2.23. The summed E-state index contributed by atoms with van der Waals surface area (Å²) in [4.78, 5) is 16.4.